The molecule has 3 rings (SSSR count). The second-order valence-electron chi connectivity index (χ2n) is 5.62. The van der Waals surface area contributed by atoms with Crippen LogP contribution in [0.1, 0.15) is 17.0 Å². The summed E-state index contributed by atoms with van der Waals surface area (Å²) < 4.78 is 27.7. The zero-order valence-corrected chi connectivity index (χ0v) is 14.5. The maximum Gasteiger partial charge on any atom is 0.240 e. The largest absolute Gasteiger partial charge is 0.338 e. The van der Waals surface area contributed by atoms with Gasteiger partial charge in [-0.25, -0.2) is 13.6 Å². The molecule has 0 aliphatic rings. The van der Waals surface area contributed by atoms with Gasteiger partial charge >= 0.3 is 0 Å². The molecule has 0 bridgehead atoms. The number of rotatable bonds is 6. The van der Waals surface area contributed by atoms with E-state index in [0.717, 1.165) is 16.7 Å². The van der Waals surface area contributed by atoms with Gasteiger partial charge in [0.15, 0.2) is 0 Å². The molecule has 3 N–H and O–H groups in total. The highest BCUT2D eigenvalue weighted by atomic mass is 32.2. The van der Waals surface area contributed by atoms with Crippen LogP contribution < -0.4 is 10.5 Å². The predicted octanol–water partition coefficient (Wildman–Crippen LogP) is 1.98. The van der Waals surface area contributed by atoms with E-state index in [1.165, 1.54) is 12.1 Å². The highest BCUT2D eigenvalue weighted by Gasteiger charge is 2.10. The predicted molar refractivity (Wildman–Crippen MR) is 92.8 cm³/mol. The first-order valence-corrected chi connectivity index (χ1v) is 9.19. The number of nitrogens with two attached hydrogens (primary N) is 1. The van der Waals surface area contributed by atoms with Crippen LogP contribution in [0.15, 0.2) is 57.9 Å². The van der Waals surface area contributed by atoms with Crippen LogP contribution in [0.25, 0.3) is 11.4 Å². The van der Waals surface area contributed by atoms with E-state index in [4.69, 9.17) is 9.66 Å². The van der Waals surface area contributed by atoms with Gasteiger partial charge in [-0.05, 0) is 30.2 Å². The molecule has 1 heterocycles. The SMILES string of the molecule is Cc1ccccc1-c1noc(CNCc2ccc(S(N)(=O)=O)cc2)n1. The van der Waals surface area contributed by atoms with E-state index in [2.05, 4.69) is 15.5 Å². The van der Waals surface area contributed by atoms with Crippen LogP contribution >= 0.6 is 0 Å². The zero-order chi connectivity index (χ0) is 17.9. The minimum atomic E-state index is -3.66. The maximum atomic E-state index is 11.2. The molecule has 8 heteroatoms. The van der Waals surface area contributed by atoms with Crippen molar-refractivity contribution in [1.29, 1.82) is 0 Å². The molecular formula is C17H18N4O3S. The summed E-state index contributed by atoms with van der Waals surface area (Å²) >= 11 is 0. The van der Waals surface area contributed by atoms with Gasteiger partial charge in [0.05, 0.1) is 11.4 Å². The van der Waals surface area contributed by atoms with Crippen LogP contribution in [-0.2, 0) is 23.1 Å². The van der Waals surface area contributed by atoms with Crippen LogP contribution in [0.5, 0.6) is 0 Å². The minimum absolute atomic E-state index is 0.0935. The average molecular weight is 358 g/mol. The van der Waals surface area contributed by atoms with Gasteiger partial charge in [0.2, 0.25) is 21.7 Å². The lowest BCUT2D eigenvalue weighted by molar-refractivity contribution is 0.367. The molecule has 7 nitrogen and oxygen atoms in total. The van der Waals surface area contributed by atoms with Crippen molar-refractivity contribution >= 4 is 10.0 Å². The second kappa shape index (κ2) is 7.14. The lowest BCUT2D eigenvalue weighted by Gasteiger charge is -2.03. The van der Waals surface area contributed by atoms with Crippen molar-refractivity contribution in [2.75, 3.05) is 0 Å². The number of nitrogens with zero attached hydrogens (tertiary/aromatic N) is 2. The van der Waals surface area contributed by atoms with Crippen LogP contribution in [0.2, 0.25) is 0 Å². The summed E-state index contributed by atoms with van der Waals surface area (Å²) in [6.07, 6.45) is 0. The molecule has 0 spiro atoms. The number of aromatic nitrogens is 2. The Bertz CT molecular complexity index is 966. The molecule has 0 saturated carbocycles. The lowest BCUT2D eigenvalue weighted by atomic mass is 10.1. The van der Waals surface area contributed by atoms with Crippen LogP contribution in [-0.4, -0.2) is 18.6 Å². The van der Waals surface area contributed by atoms with Crippen LogP contribution in [0, 0.1) is 6.92 Å². The van der Waals surface area contributed by atoms with Crippen LogP contribution in [0.3, 0.4) is 0 Å². The van der Waals surface area contributed by atoms with Crippen molar-refractivity contribution < 1.29 is 12.9 Å². The highest BCUT2D eigenvalue weighted by Crippen LogP contribution is 2.19. The van der Waals surface area contributed by atoms with Gasteiger partial charge < -0.3 is 9.84 Å². The summed E-state index contributed by atoms with van der Waals surface area (Å²) in [7, 11) is -3.66. The maximum absolute atomic E-state index is 11.2. The van der Waals surface area contributed by atoms with E-state index < -0.39 is 10.0 Å². The van der Waals surface area contributed by atoms with Gasteiger partial charge in [0.1, 0.15) is 0 Å². The lowest BCUT2D eigenvalue weighted by Crippen LogP contribution is -2.14. The van der Waals surface area contributed by atoms with Crippen molar-refractivity contribution in [3.05, 3.63) is 65.5 Å². The van der Waals surface area contributed by atoms with E-state index >= 15 is 0 Å². The quantitative estimate of drug-likeness (QED) is 0.697. The average Bonchev–Trinajstić information content (AvgIpc) is 3.03. The van der Waals surface area contributed by atoms with E-state index in [9.17, 15) is 8.42 Å². The molecule has 130 valence electrons. The third kappa shape index (κ3) is 4.30. The van der Waals surface area contributed by atoms with E-state index in [0.29, 0.717) is 24.8 Å². The monoisotopic (exact) mass is 358 g/mol. The van der Waals surface area contributed by atoms with Crippen LogP contribution in [0.4, 0.5) is 0 Å². The van der Waals surface area contributed by atoms with Crippen molar-refractivity contribution in [2.45, 2.75) is 24.9 Å². The molecule has 25 heavy (non-hydrogen) atoms. The number of aryl methyl sites for hydroxylation is 1. The van der Waals surface area contributed by atoms with Gasteiger partial charge in [-0.2, -0.15) is 4.98 Å². The molecular weight excluding hydrogens is 340 g/mol. The first-order valence-electron chi connectivity index (χ1n) is 7.64. The molecule has 0 aliphatic carbocycles. The Morgan fingerprint density at radius 2 is 1.80 bits per heavy atom. The Kier molecular flexibility index (Phi) is 4.93. The highest BCUT2D eigenvalue weighted by molar-refractivity contribution is 7.89. The van der Waals surface area contributed by atoms with Gasteiger partial charge in [-0.3, -0.25) is 0 Å². The van der Waals surface area contributed by atoms with E-state index in [-0.39, 0.29) is 4.90 Å². The van der Waals surface area contributed by atoms with Gasteiger partial charge in [-0.1, -0.05) is 41.6 Å². The Morgan fingerprint density at radius 1 is 1.08 bits per heavy atom. The van der Waals surface area contributed by atoms with Crippen molar-refractivity contribution in [2.24, 2.45) is 5.14 Å². The summed E-state index contributed by atoms with van der Waals surface area (Å²) in [5.74, 6) is 1.05. The van der Waals surface area contributed by atoms with E-state index in [1.54, 1.807) is 12.1 Å². The molecule has 3 aromatic rings. The standard InChI is InChI=1S/C17H18N4O3S/c1-12-4-2-3-5-15(12)17-20-16(24-21-17)11-19-10-13-6-8-14(9-7-13)25(18,22)23/h2-9,19H,10-11H2,1H3,(H2,18,22,23). The van der Waals surface area contributed by atoms with E-state index in [1.807, 2.05) is 31.2 Å². The van der Waals surface area contributed by atoms with Crippen molar-refractivity contribution in [3.8, 4) is 11.4 Å². The molecule has 0 radical (unpaired) electrons. The fourth-order valence-corrected chi connectivity index (χ4v) is 2.89. The molecule has 0 saturated heterocycles. The fraction of sp³-hybridized carbons (Fsp3) is 0.176. The summed E-state index contributed by atoms with van der Waals surface area (Å²) in [6, 6.07) is 14.2. The zero-order valence-electron chi connectivity index (χ0n) is 13.6. The molecule has 0 aliphatic heterocycles. The minimum Gasteiger partial charge on any atom is -0.338 e. The summed E-state index contributed by atoms with van der Waals surface area (Å²) in [5.41, 5.74) is 2.94. The molecule has 0 amide bonds. The Labute approximate surface area is 145 Å². The first-order chi connectivity index (χ1) is 11.9. The van der Waals surface area contributed by atoms with Gasteiger partial charge in [-0.15, -0.1) is 0 Å². The van der Waals surface area contributed by atoms with Gasteiger partial charge in [0.25, 0.3) is 0 Å². The number of sulfonamides is 1. The number of hydrogen-bond acceptors (Lipinski definition) is 6. The molecule has 0 fully saturated rings. The molecule has 1 aromatic heterocycles. The summed E-state index contributed by atoms with van der Waals surface area (Å²) in [4.78, 5) is 4.48. The van der Waals surface area contributed by atoms with Crippen molar-refractivity contribution in [3.63, 3.8) is 0 Å². The number of nitrogens with one attached hydrogen (secondary N) is 1. The summed E-state index contributed by atoms with van der Waals surface area (Å²) in [6.45, 7) is 2.94. The number of benzene rings is 2. The fourth-order valence-electron chi connectivity index (χ4n) is 2.37. The molecule has 2 aromatic carbocycles. The number of primary sulfonamides is 1. The Balaban J connectivity index is 1.59. The second-order valence-corrected chi connectivity index (χ2v) is 7.18. The summed E-state index contributed by atoms with van der Waals surface area (Å²) in [5, 5.41) is 12.3. The topological polar surface area (TPSA) is 111 Å². The third-order valence-electron chi connectivity index (χ3n) is 3.71. The van der Waals surface area contributed by atoms with Crippen molar-refractivity contribution in [1.82, 2.24) is 15.5 Å². The smallest absolute Gasteiger partial charge is 0.240 e. The Morgan fingerprint density at radius 3 is 2.48 bits per heavy atom. The Hall–Kier alpha value is -2.55. The molecule has 0 unspecified atom stereocenters. The first kappa shape index (κ1) is 17.3. The number of hydrogen-bond donors (Lipinski definition) is 2. The third-order valence-corrected chi connectivity index (χ3v) is 4.64. The normalized spacial score (nSPS) is 11.6. The van der Waals surface area contributed by atoms with Gasteiger partial charge in [0, 0.05) is 12.1 Å². The molecule has 0 atom stereocenters.